The van der Waals surface area contributed by atoms with E-state index in [0.717, 1.165) is 36.3 Å². The molecule has 0 amide bonds. The summed E-state index contributed by atoms with van der Waals surface area (Å²) in [4.78, 5) is 11.8. The van der Waals surface area contributed by atoms with Crippen molar-refractivity contribution in [1.29, 1.82) is 0 Å². The molecule has 1 aliphatic rings. The lowest BCUT2D eigenvalue weighted by Crippen LogP contribution is -2.40. The van der Waals surface area contributed by atoms with Crippen LogP contribution in [0.5, 0.6) is 0 Å². The Morgan fingerprint density at radius 3 is 2.58 bits per heavy atom. The van der Waals surface area contributed by atoms with E-state index in [0.29, 0.717) is 18.4 Å². The predicted molar refractivity (Wildman–Crippen MR) is 92.1 cm³/mol. The second kappa shape index (κ2) is 6.84. The van der Waals surface area contributed by atoms with Crippen LogP contribution in [0, 0.1) is 0 Å². The Hall–Kier alpha value is -2.02. The standard InChI is InChI=1S/C17H26N6O/c1-11(2)13-8-15(20-16(19-13)12(3)4)23-6-7-24-14(9-23)17-21-18-10-22(17)5/h8,10-12,14H,6-7,9H2,1-5H3/t14-/m1/s1. The van der Waals surface area contributed by atoms with Crippen LogP contribution in [0.25, 0.3) is 0 Å². The van der Waals surface area contributed by atoms with Gasteiger partial charge in [0.2, 0.25) is 0 Å². The average molecular weight is 330 g/mol. The van der Waals surface area contributed by atoms with Gasteiger partial charge in [-0.05, 0) is 5.92 Å². The monoisotopic (exact) mass is 330 g/mol. The van der Waals surface area contributed by atoms with Gasteiger partial charge in [0.1, 0.15) is 24.1 Å². The fourth-order valence-corrected chi connectivity index (χ4v) is 2.78. The number of anilines is 1. The van der Waals surface area contributed by atoms with Crippen LogP contribution in [0.4, 0.5) is 5.82 Å². The van der Waals surface area contributed by atoms with Gasteiger partial charge in [-0.2, -0.15) is 0 Å². The summed E-state index contributed by atoms with van der Waals surface area (Å²) >= 11 is 0. The molecule has 1 fully saturated rings. The summed E-state index contributed by atoms with van der Waals surface area (Å²) in [7, 11) is 1.94. The Balaban J connectivity index is 1.89. The second-order valence-electron chi connectivity index (χ2n) is 6.92. The topological polar surface area (TPSA) is 69.0 Å². The van der Waals surface area contributed by atoms with Crippen molar-refractivity contribution in [2.45, 2.75) is 45.6 Å². The normalized spacial score (nSPS) is 18.6. The molecule has 0 N–H and O–H groups in total. The minimum Gasteiger partial charge on any atom is -0.366 e. The molecular weight excluding hydrogens is 304 g/mol. The maximum atomic E-state index is 5.90. The number of ether oxygens (including phenoxy) is 1. The van der Waals surface area contributed by atoms with E-state index in [1.165, 1.54) is 0 Å². The summed E-state index contributed by atoms with van der Waals surface area (Å²) in [6.45, 7) is 10.8. The Bertz CT molecular complexity index is 670. The van der Waals surface area contributed by atoms with Gasteiger partial charge >= 0.3 is 0 Å². The molecule has 24 heavy (non-hydrogen) atoms. The van der Waals surface area contributed by atoms with E-state index in [-0.39, 0.29) is 6.10 Å². The van der Waals surface area contributed by atoms with Crippen molar-refractivity contribution in [3.63, 3.8) is 0 Å². The summed E-state index contributed by atoms with van der Waals surface area (Å²) in [6.07, 6.45) is 1.61. The van der Waals surface area contributed by atoms with Crippen molar-refractivity contribution in [3.05, 3.63) is 29.7 Å². The van der Waals surface area contributed by atoms with Crippen molar-refractivity contribution < 1.29 is 4.74 Å². The third-order valence-corrected chi connectivity index (χ3v) is 4.28. The average Bonchev–Trinajstić information content (AvgIpc) is 3.00. The van der Waals surface area contributed by atoms with Gasteiger partial charge in [0.25, 0.3) is 0 Å². The molecule has 0 aliphatic carbocycles. The van der Waals surface area contributed by atoms with E-state index in [4.69, 9.17) is 14.7 Å². The zero-order chi connectivity index (χ0) is 17.3. The van der Waals surface area contributed by atoms with Crippen LogP contribution < -0.4 is 4.90 Å². The van der Waals surface area contributed by atoms with Gasteiger partial charge in [0, 0.05) is 31.3 Å². The van der Waals surface area contributed by atoms with Gasteiger partial charge in [-0.3, -0.25) is 0 Å². The lowest BCUT2D eigenvalue weighted by Gasteiger charge is -2.33. The van der Waals surface area contributed by atoms with Crippen LogP contribution in [-0.2, 0) is 11.8 Å². The van der Waals surface area contributed by atoms with Crippen molar-refractivity contribution in [2.75, 3.05) is 24.6 Å². The van der Waals surface area contributed by atoms with Crippen molar-refractivity contribution in [1.82, 2.24) is 24.7 Å². The number of nitrogens with zero attached hydrogens (tertiary/aromatic N) is 6. The van der Waals surface area contributed by atoms with Gasteiger partial charge in [-0.15, -0.1) is 10.2 Å². The maximum Gasteiger partial charge on any atom is 0.163 e. The van der Waals surface area contributed by atoms with E-state index in [2.05, 4.69) is 48.9 Å². The maximum absolute atomic E-state index is 5.90. The van der Waals surface area contributed by atoms with Crippen LogP contribution >= 0.6 is 0 Å². The largest absolute Gasteiger partial charge is 0.366 e. The molecule has 3 heterocycles. The van der Waals surface area contributed by atoms with Gasteiger partial charge < -0.3 is 14.2 Å². The first kappa shape index (κ1) is 16.8. The van der Waals surface area contributed by atoms with Crippen LogP contribution in [0.15, 0.2) is 12.4 Å². The zero-order valence-corrected chi connectivity index (χ0v) is 15.1. The molecule has 2 aromatic rings. The SMILES string of the molecule is CC(C)c1cc(N2CCO[C@@H](c3nncn3C)C2)nc(C(C)C)n1. The van der Waals surface area contributed by atoms with Crippen molar-refractivity contribution >= 4 is 5.82 Å². The molecular formula is C17H26N6O. The number of morpholine rings is 1. The highest BCUT2D eigenvalue weighted by Crippen LogP contribution is 2.26. The zero-order valence-electron chi connectivity index (χ0n) is 15.1. The Morgan fingerprint density at radius 1 is 1.17 bits per heavy atom. The number of hydrogen-bond donors (Lipinski definition) is 0. The van der Waals surface area contributed by atoms with Crippen molar-refractivity contribution in [3.8, 4) is 0 Å². The lowest BCUT2D eigenvalue weighted by molar-refractivity contribution is 0.0318. The molecule has 1 saturated heterocycles. The second-order valence-corrected chi connectivity index (χ2v) is 6.92. The summed E-state index contributed by atoms with van der Waals surface area (Å²) in [5.41, 5.74) is 1.09. The summed E-state index contributed by atoms with van der Waals surface area (Å²) in [6, 6.07) is 2.11. The Kier molecular flexibility index (Phi) is 4.80. The van der Waals surface area contributed by atoms with Gasteiger partial charge in [-0.25, -0.2) is 9.97 Å². The van der Waals surface area contributed by atoms with Gasteiger partial charge in [0.05, 0.1) is 13.2 Å². The van der Waals surface area contributed by atoms with E-state index >= 15 is 0 Å². The highest BCUT2D eigenvalue weighted by Gasteiger charge is 2.27. The van der Waals surface area contributed by atoms with Gasteiger partial charge in [-0.1, -0.05) is 27.7 Å². The number of aromatic nitrogens is 5. The minimum atomic E-state index is -0.0915. The molecule has 130 valence electrons. The van der Waals surface area contributed by atoms with E-state index in [1.807, 2.05) is 11.6 Å². The molecule has 7 heteroatoms. The fraction of sp³-hybridized carbons (Fsp3) is 0.647. The van der Waals surface area contributed by atoms with Gasteiger partial charge in [0.15, 0.2) is 5.82 Å². The smallest absolute Gasteiger partial charge is 0.163 e. The molecule has 0 radical (unpaired) electrons. The van der Waals surface area contributed by atoms with Crippen molar-refractivity contribution in [2.24, 2.45) is 7.05 Å². The molecule has 1 atom stereocenters. The highest BCUT2D eigenvalue weighted by molar-refractivity contribution is 5.42. The summed E-state index contributed by atoms with van der Waals surface area (Å²) in [5.74, 6) is 3.41. The molecule has 0 bridgehead atoms. The van der Waals surface area contributed by atoms with Crippen LogP contribution in [0.2, 0.25) is 0 Å². The van der Waals surface area contributed by atoms with E-state index in [9.17, 15) is 0 Å². The molecule has 7 nitrogen and oxygen atoms in total. The van der Waals surface area contributed by atoms with Crippen LogP contribution in [-0.4, -0.2) is 44.4 Å². The quantitative estimate of drug-likeness (QED) is 0.857. The third kappa shape index (κ3) is 3.40. The van der Waals surface area contributed by atoms with E-state index < -0.39 is 0 Å². The fourth-order valence-electron chi connectivity index (χ4n) is 2.78. The predicted octanol–water partition coefficient (Wildman–Crippen LogP) is 2.43. The molecule has 0 saturated carbocycles. The molecule has 3 rings (SSSR count). The Morgan fingerprint density at radius 2 is 1.96 bits per heavy atom. The highest BCUT2D eigenvalue weighted by atomic mass is 16.5. The molecule has 0 aromatic carbocycles. The Labute approximate surface area is 143 Å². The molecule has 2 aromatic heterocycles. The number of hydrogen-bond acceptors (Lipinski definition) is 6. The van der Waals surface area contributed by atoms with Crippen LogP contribution in [0.1, 0.15) is 63.0 Å². The molecule has 0 spiro atoms. The first-order valence-corrected chi connectivity index (χ1v) is 8.55. The molecule has 1 aliphatic heterocycles. The van der Waals surface area contributed by atoms with E-state index in [1.54, 1.807) is 6.33 Å². The minimum absolute atomic E-state index is 0.0915. The van der Waals surface area contributed by atoms with Crippen LogP contribution in [0.3, 0.4) is 0 Å². The summed E-state index contributed by atoms with van der Waals surface area (Å²) in [5, 5.41) is 8.15. The summed E-state index contributed by atoms with van der Waals surface area (Å²) < 4.78 is 7.81. The lowest BCUT2D eigenvalue weighted by atomic mass is 10.1. The third-order valence-electron chi connectivity index (χ3n) is 4.28. The first-order chi connectivity index (χ1) is 11.5. The first-order valence-electron chi connectivity index (χ1n) is 8.55. The number of rotatable bonds is 4. The number of aryl methyl sites for hydroxylation is 1. The molecule has 0 unspecified atom stereocenters.